The fraction of sp³-hybridized carbons (Fsp3) is 0.375. The summed E-state index contributed by atoms with van der Waals surface area (Å²) >= 11 is 0. The number of ether oxygens (including phenoxy) is 1. The van der Waals surface area contributed by atoms with Crippen molar-refractivity contribution in [3.63, 3.8) is 0 Å². The zero-order valence-corrected chi connectivity index (χ0v) is 6.90. The number of nitrogens with zero attached hydrogens (tertiary/aromatic N) is 1. The van der Waals surface area contributed by atoms with Crippen molar-refractivity contribution >= 4 is 0 Å². The summed E-state index contributed by atoms with van der Waals surface area (Å²) in [6.45, 7) is -0.0979. The Hall–Kier alpha value is -1.13. The molecule has 4 nitrogen and oxygen atoms in total. The van der Waals surface area contributed by atoms with Crippen LogP contribution in [0.2, 0.25) is 0 Å². The van der Waals surface area contributed by atoms with Crippen LogP contribution in [0.5, 0.6) is 5.75 Å². The number of methoxy groups -OCH3 is 1. The van der Waals surface area contributed by atoms with Crippen LogP contribution in [-0.4, -0.2) is 23.8 Å². The molecular weight excluding hydrogens is 156 g/mol. The fourth-order valence-electron chi connectivity index (χ4n) is 0.825. The van der Waals surface area contributed by atoms with Crippen LogP contribution >= 0.6 is 0 Å². The van der Waals surface area contributed by atoms with E-state index in [2.05, 4.69) is 4.98 Å². The molecule has 12 heavy (non-hydrogen) atoms. The van der Waals surface area contributed by atoms with E-state index in [-0.39, 0.29) is 6.61 Å². The Bertz CT molecular complexity index is 235. The molecule has 0 spiro atoms. The number of aliphatic hydroxyl groups excluding tert-OH is 1. The molecule has 0 amide bonds. The molecule has 1 rings (SSSR count). The lowest BCUT2D eigenvalue weighted by Crippen LogP contribution is -2.15. The second-order valence-corrected chi connectivity index (χ2v) is 2.41. The maximum absolute atomic E-state index is 8.72. The summed E-state index contributed by atoms with van der Waals surface area (Å²) in [5.74, 6) is 0.684. The normalized spacial score (nSPS) is 12.6. The van der Waals surface area contributed by atoms with Crippen molar-refractivity contribution < 1.29 is 9.84 Å². The van der Waals surface area contributed by atoms with Gasteiger partial charge in [-0.1, -0.05) is 0 Å². The second-order valence-electron chi connectivity index (χ2n) is 2.41. The van der Waals surface area contributed by atoms with Crippen LogP contribution in [-0.2, 0) is 0 Å². The van der Waals surface area contributed by atoms with E-state index >= 15 is 0 Å². The third-order valence-electron chi connectivity index (χ3n) is 1.57. The summed E-state index contributed by atoms with van der Waals surface area (Å²) < 4.78 is 4.92. The van der Waals surface area contributed by atoms with Crippen molar-refractivity contribution in [2.45, 2.75) is 6.04 Å². The molecule has 1 aromatic rings. The molecular formula is C8H12N2O2. The minimum Gasteiger partial charge on any atom is -0.495 e. The number of hydrogen-bond donors (Lipinski definition) is 2. The van der Waals surface area contributed by atoms with Gasteiger partial charge in [0.1, 0.15) is 5.75 Å². The molecule has 0 aromatic carbocycles. The minimum atomic E-state index is -0.407. The van der Waals surface area contributed by atoms with Crippen molar-refractivity contribution in [1.29, 1.82) is 0 Å². The number of pyridine rings is 1. The number of aromatic nitrogens is 1. The van der Waals surface area contributed by atoms with E-state index in [1.54, 1.807) is 25.4 Å². The van der Waals surface area contributed by atoms with Gasteiger partial charge < -0.3 is 15.6 Å². The molecule has 0 bridgehead atoms. The lowest BCUT2D eigenvalue weighted by atomic mass is 10.2. The van der Waals surface area contributed by atoms with E-state index < -0.39 is 6.04 Å². The van der Waals surface area contributed by atoms with Gasteiger partial charge in [-0.15, -0.1) is 0 Å². The molecule has 66 valence electrons. The lowest BCUT2D eigenvalue weighted by Gasteiger charge is -2.07. The van der Waals surface area contributed by atoms with E-state index in [0.717, 1.165) is 0 Å². The van der Waals surface area contributed by atoms with Gasteiger partial charge in [-0.05, 0) is 12.1 Å². The second kappa shape index (κ2) is 4.04. The van der Waals surface area contributed by atoms with E-state index in [1.165, 1.54) is 0 Å². The quantitative estimate of drug-likeness (QED) is 0.670. The molecule has 1 aromatic heterocycles. The van der Waals surface area contributed by atoms with Gasteiger partial charge in [0.05, 0.1) is 31.6 Å². The molecule has 3 N–H and O–H groups in total. The van der Waals surface area contributed by atoms with Gasteiger partial charge >= 0.3 is 0 Å². The first kappa shape index (κ1) is 8.96. The summed E-state index contributed by atoms with van der Waals surface area (Å²) in [6.07, 6.45) is 1.57. The maximum atomic E-state index is 8.72. The predicted molar refractivity (Wildman–Crippen MR) is 44.8 cm³/mol. The standard InChI is InChI=1S/C8H12N2O2/c1-12-6-2-3-8(10-4-6)7(9)5-11/h2-4,7,11H,5,9H2,1H3. The van der Waals surface area contributed by atoms with Crippen LogP contribution < -0.4 is 10.5 Å². The van der Waals surface area contributed by atoms with Crippen LogP contribution in [0, 0.1) is 0 Å². The van der Waals surface area contributed by atoms with Crippen LogP contribution in [0.1, 0.15) is 11.7 Å². The number of hydrogen-bond acceptors (Lipinski definition) is 4. The Labute approximate surface area is 71.0 Å². The smallest absolute Gasteiger partial charge is 0.137 e. The SMILES string of the molecule is COc1ccc(C(N)CO)nc1. The first-order valence-electron chi connectivity index (χ1n) is 3.64. The van der Waals surface area contributed by atoms with Gasteiger partial charge in [-0.2, -0.15) is 0 Å². The highest BCUT2D eigenvalue weighted by Gasteiger charge is 2.04. The topological polar surface area (TPSA) is 68.4 Å². The third-order valence-corrected chi connectivity index (χ3v) is 1.57. The first-order chi connectivity index (χ1) is 5.77. The monoisotopic (exact) mass is 168 g/mol. The lowest BCUT2D eigenvalue weighted by molar-refractivity contribution is 0.265. The molecule has 1 heterocycles. The van der Waals surface area contributed by atoms with Crippen LogP contribution in [0.3, 0.4) is 0 Å². The average Bonchev–Trinajstić information content (AvgIpc) is 2.17. The van der Waals surface area contributed by atoms with Crippen LogP contribution in [0.15, 0.2) is 18.3 Å². The maximum Gasteiger partial charge on any atom is 0.137 e. The minimum absolute atomic E-state index is 0.0979. The Balaban J connectivity index is 2.77. The molecule has 0 fully saturated rings. The highest BCUT2D eigenvalue weighted by molar-refractivity contribution is 5.21. The number of rotatable bonds is 3. The van der Waals surface area contributed by atoms with E-state index in [1.807, 2.05) is 0 Å². The largest absolute Gasteiger partial charge is 0.495 e. The van der Waals surface area contributed by atoms with Crippen molar-refractivity contribution in [3.05, 3.63) is 24.0 Å². The van der Waals surface area contributed by atoms with E-state index in [4.69, 9.17) is 15.6 Å². The Morgan fingerprint density at radius 3 is 2.83 bits per heavy atom. The zero-order valence-electron chi connectivity index (χ0n) is 6.90. The van der Waals surface area contributed by atoms with Crippen molar-refractivity contribution in [1.82, 2.24) is 4.98 Å². The average molecular weight is 168 g/mol. The summed E-state index contributed by atoms with van der Waals surface area (Å²) in [4.78, 5) is 4.01. The zero-order chi connectivity index (χ0) is 8.97. The van der Waals surface area contributed by atoms with Crippen molar-refractivity contribution in [2.24, 2.45) is 5.73 Å². The molecule has 0 radical (unpaired) electrons. The van der Waals surface area contributed by atoms with Gasteiger partial charge in [-0.3, -0.25) is 4.98 Å². The molecule has 4 heteroatoms. The summed E-state index contributed by atoms with van der Waals surface area (Å²) in [6, 6.07) is 3.09. The molecule has 1 atom stereocenters. The first-order valence-corrected chi connectivity index (χ1v) is 3.64. The van der Waals surface area contributed by atoms with Gasteiger partial charge in [0.15, 0.2) is 0 Å². The van der Waals surface area contributed by atoms with E-state index in [9.17, 15) is 0 Å². The van der Waals surface area contributed by atoms with Crippen molar-refractivity contribution in [2.75, 3.05) is 13.7 Å². The molecule has 0 saturated heterocycles. The predicted octanol–water partition coefficient (Wildman–Crippen LogP) is 0.0823. The fourth-order valence-corrected chi connectivity index (χ4v) is 0.825. The van der Waals surface area contributed by atoms with Crippen LogP contribution in [0.4, 0.5) is 0 Å². The molecule has 0 aliphatic carbocycles. The van der Waals surface area contributed by atoms with Gasteiger partial charge in [0, 0.05) is 0 Å². The highest BCUT2D eigenvalue weighted by Crippen LogP contribution is 2.11. The molecule has 0 aliphatic heterocycles. The van der Waals surface area contributed by atoms with Crippen LogP contribution in [0.25, 0.3) is 0 Å². The van der Waals surface area contributed by atoms with Crippen molar-refractivity contribution in [3.8, 4) is 5.75 Å². The third kappa shape index (κ3) is 1.93. The highest BCUT2D eigenvalue weighted by atomic mass is 16.5. The van der Waals surface area contributed by atoms with Gasteiger partial charge in [0.2, 0.25) is 0 Å². The van der Waals surface area contributed by atoms with Gasteiger partial charge in [0.25, 0.3) is 0 Å². The number of nitrogens with two attached hydrogens (primary N) is 1. The molecule has 0 aliphatic rings. The van der Waals surface area contributed by atoms with E-state index in [0.29, 0.717) is 11.4 Å². The number of aliphatic hydroxyl groups is 1. The Morgan fingerprint density at radius 2 is 2.42 bits per heavy atom. The molecule has 0 saturated carbocycles. The summed E-state index contributed by atoms with van der Waals surface area (Å²) in [5.41, 5.74) is 6.20. The Morgan fingerprint density at radius 1 is 1.67 bits per heavy atom. The summed E-state index contributed by atoms with van der Waals surface area (Å²) in [7, 11) is 1.57. The Kier molecular flexibility index (Phi) is 3.01. The van der Waals surface area contributed by atoms with Gasteiger partial charge in [-0.25, -0.2) is 0 Å². The molecule has 1 unspecified atom stereocenters. The summed E-state index contributed by atoms with van der Waals surface area (Å²) in [5, 5.41) is 8.72.